The number of carbonyl (C=O) groups excluding carboxylic acids is 1. The first-order chi connectivity index (χ1) is 21.9. The number of para-hydroxylation sites is 1. The van der Waals surface area contributed by atoms with E-state index in [0.29, 0.717) is 24.4 Å². The molecule has 0 amide bonds. The number of fused-ring (bicyclic) bond motifs is 3. The third-order valence-corrected chi connectivity index (χ3v) is 8.93. The highest BCUT2D eigenvalue weighted by Crippen LogP contribution is 2.32. The van der Waals surface area contributed by atoms with Gasteiger partial charge in [0.05, 0.1) is 30.5 Å². The average Bonchev–Trinajstić information content (AvgIpc) is 3.36. The van der Waals surface area contributed by atoms with E-state index in [1.807, 2.05) is 42.5 Å². The van der Waals surface area contributed by atoms with Crippen molar-refractivity contribution >= 4 is 43.3 Å². The lowest BCUT2D eigenvalue weighted by molar-refractivity contribution is 0.0990. The summed E-state index contributed by atoms with van der Waals surface area (Å²) in [5.41, 5.74) is 5.27. The molecule has 6 rings (SSSR count). The van der Waals surface area contributed by atoms with Crippen molar-refractivity contribution in [3.8, 4) is 5.75 Å². The summed E-state index contributed by atoms with van der Waals surface area (Å²) in [6.07, 6.45) is 1.17. The van der Waals surface area contributed by atoms with Gasteiger partial charge in [0.2, 0.25) is 10.0 Å². The van der Waals surface area contributed by atoms with Crippen LogP contribution in [0.4, 0.5) is 5.69 Å². The molecule has 1 heterocycles. The highest BCUT2D eigenvalue weighted by Gasteiger charge is 2.19. The molecule has 0 spiro atoms. The van der Waals surface area contributed by atoms with Crippen LogP contribution in [0.25, 0.3) is 21.8 Å². The van der Waals surface area contributed by atoms with Gasteiger partial charge < -0.3 is 14.6 Å². The summed E-state index contributed by atoms with van der Waals surface area (Å²) in [6, 6.07) is 41.2. The molecule has 6 aromatic rings. The van der Waals surface area contributed by atoms with Crippen molar-refractivity contribution in [2.24, 2.45) is 0 Å². The van der Waals surface area contributed by atoms with E-state index in [1.54, 1.807) is 24.3 Å². The molecule has 1 aromatic heterocycles. The standard InChI is InChI=1S/C37H35N3O4S/c1-45(42,43)40(27-29-13-6-3-7-14-29)31-16-10-15-30(23-31)37(41)25-38-21-22-44-32-19-20-34-33-17-8-9-18-35(33)39(36(34)24-32)26-28-11-4-2-5-12-28/h2-20,23-24,38H,21-22,25-27H2,1H3. The maximum absolute atomic E-state index is 13.0. The minimum Gasteiger partial charge on any atom is -0.492 e. The number of ketones is 1. The number of sulfonamides is 1. The number of carbonyl (C=O) groups is 1. The zero-order valence-electron chi connectivity index (χ0n) is 25.1. The second-order valence-electron chi connectivity index (χ2n) is 11.0. The SMILES string of the molecule is CS(=O)(=O)N(Cc1ccccc1)c1cccc(C(=O)CNCCOc2ccc3c4ccccc4n(Cc4ccccc4)c3c2)c1. The molecular formula is C37H35N3O4S. The van der Waals surface area contributed by atoms with E-state index in [4.69, 9.17) is 4.74 Å². The molecule has 0 aliphatic heterocycles. The topological polar surface area (TPSA) is 80.6 Å². The largest absolute Gasteiger partial charge is 0.492 e. The van der Waals surface area contributed by atoms with Crippen molar-refractivity contribution in [3.63, 3.8) is 0 Å². The predicted octanol–water partition coefficient (Wildman–Crippen LogP) is 6.66. The summed E-state index contributed by atoms with van der Waals surface area (Å²) in [5, 5.41) is 5.55. The number of nitrogens with zero attached hydrogens (tertiary/aromatic N) is 2. The van der Waals surface area contributed by atoms with Gasteiger partial charge in [-0.15, -0.1) is 0 Å². The van der Waals surface area contributed by atoms with Crippen molar-refractivity contribution in [2.45, 2.75) is 13.1 Å². The van der Waals surface area contributed by atoms with E-state index in [1.165, 1.54) is 32.4 Å². The second-order valence-corrected chi connectivity index (χ2v) is 12.9. The van der Waals surface area contributed by atoms with Crippen LogP contribution >= 0.6 is 0 Å². The second kappa shape index (κ2) is 13.4. The lowest BCUT2D eigenvalue weighted by Crippen LogP contribution is -2.30. The van der Waals surface area contributed by atoms with Gasteiger partial charge in [-0.05, 0) is 41.5 Å². The summed E-state index contributed by atoms with van der Waals surface area (Å²) in [6.45, 7) is 1.91. The van der Waals surface area contributed by atoms with Crippen LogP contribution in [0, 0.1) is 0 Å². The van der Waals surface area contributed by atoms with Gasteiger partial charge in [0.15, 0.2) is 5.78 Å². The number of Topliss-reactive ketones (excluding diaryl/α,β-unsaturated/α-hetero) is 1. The maximum Gasteiger partial charge on any atom is 0.232 e. The molecule has 7 nitrogen and oxygen atoms in total. The van der Waals surface area contributed by atoms with Crippen LogP contribution in [0.3, 0.4) is 0 Å². The Kier molecular flexibility index (Phi) is 8.96. The molecule has 0 radical (unpaired) electrons. The summed E-state index contributed by atoms with van der Waals surface area (Å²) in [7, 11) is -3.56. The van der Waals surface area contributed by atoms with Crippen LogP contribution in [0.5, 0.6) is 5.75 Å². The number of aromatic nitrogens is 1. The zero-order chi connectivity index (χ0) is 31.2. The Morgan fingerprint density at radius 2 is 1.44 bits per heavy atom. The quantitative estimate of drug-likeness (QED) is 0.116. The molecule has 45 heavy (non-hydrogen) atoms. The molecule has 0 atom stereocenters. The summed E-state index contributed by atoms with van der Waals surface area (Å²) in [4.78, 5) is 13.0. The van der Waals surface area contributed by atoms with Gasteiger partial charge in [-0.1, -0.05) is 91.0 Å². The van der Waals surface area contributed by atoms with E-state index in [2.05, 4.69) is 70.5 Å². The average molecular weight is 618 g/mol. The monoisotopic (exact) mass is 617 g/mol. The minimum atomic E-state index is -3.56. The van der Waals surface area contributed by atoms with Crippen LogP contribution in [-0.4, -0.2) is 44.7 Å². The van der Waals surface area contributed by atoms with Crippen LogP contribution in [0.2, 0.25) is 0 Å². The Morgan fingerprint density at radius 3 is 2.20 bits per heavy atom. The fourth-order valence-electron chi connectivity index (χ4n) is 5.58. The Bertz CT molecular complexity index is 2040. The summed E-state index contributed by atoms with van der Waals surface area (Å²) in [5.74, 6) is 0.636. The van der Waals surface area contributed by atoms with Gasteiger partial charge in [0.25, 0.3) is 0 Å². The normalized spacial score (nSPS) is 11.6. The summed E-state index contributed by atoms with van der Waals surface area (Å²) >= 11 is 0. The fourth-order valence-corrected chi connectivity index (χ4v) is 6.46. The molecule has 0 fully saturated rings. The van der Waals surface area contributed by atoms with Crippen molar-refractivity contribution in [2.75, 3.05) is 30.3 Å². The number of rotatable bonds is 13. The third-order valence-electron chi connectivity index (χ3n) is 7.79. The van der Waals surface area contributed by atoms with Gasteiger partial charge in [-0.2, -0.15) is 0 Å². The van der Waals surface area contributed by atoms with Gasteiger partial charge in [0, 0.05) is 41.0 Å². The molecule has 0 saturated carbocycles. The number of nitrogens with one attached hydrogen (secondary N) is 1. The number of benzene rings is 5. The van der Waals surface area contributed by atoms with Crippen molar-refractivity contribution in [1.82, 2.24) is 9.88 Å². The van der Waals surface area contributed by atoms with E-state index >= 15 is 0 Å². The molecular weight excluding hydrogens is 582 g/mol. The lowest BCUT2D eigenvalue weighted by atomic mass is 10.1. The first kappa shape index (κ1) is 30.1. The molecule has 228 valence electrons. The van der Waals surface area contributed by atoms with E-state index < -0.39 is 10.0 Å². The predicted molar refractivity (Wildman–Crippen MR) is 182 cm³/mol. The van der Waals surface area contributed by atoms with Crippen LogP contribution in [0.1, 0.15) is 21.5 Å². The highest BCUT2D eigenvalue weighted by atomic mass is 32.2. The number of ether oxygens (including phenoxy) is 1. The Labute approximate surface area is 263 Å². The van der Waals surface area contributed by atoms with Crippen LogP contribution < -0.4 is 14.4 Å². The van der Waals surface area contributed by atoms with Crippen molar-refractivity contribution in [1.29, 1.82) is 0 Å². The smallest absolute Gasteiger partial charge is 0.232 e. The van der Waals surface area contributed by atoms with Gasteiger partial charge >= 0.3 is 0 Å². The molecule has 0 saturated heterocycles. The third kappa shape index (κ3) is 7.09. The summed E-state index contributed by atoms with van der Waals surface area (Å²) < 4.78 is 34.9. The van der Waals surface area contributed by atoms with Gasteiger partial charge in [-0.3, -0.25) is 9.10 Å². The number of hydrogen-bond acceptors (Lipinski definition) is 5. The van der Waals surface area contributed by atoms with E-state index in [-0.39, 0.29) is 18.9 Å². The first-order valence-electron chi connectivity index (χ1n) is 14.9. The fraction of sp³-hybridized carbons (Fsp3) is 0.162. The molecule has 5 aromatic carbocycles. The zero-order valence-corrected chi connectivity index (χ0v) is 25.9. The minimum absolute atomic E-state index is 0.106. The highest BCUT2D eigenvalue weighted by molar-refractivity contribution is 7.92. The lowest BCUT2D eigenvalue weighted by Gasteiger charge is -2.23. The van der Waals surface area contributed by atoms with Crippen molar-refractivity contribution < 1.29 is 17.9 Å². The maximum atomic E-state index is 13.0. The Hall–Kier alpha value is -4.92. The van der Waals surface area contributed by atoms with Crippen LogP contribution in [0.15, 0.2) is 127 Å². The first-order valence-corrected chi connectivity index (χ1v) is 16.7. The van der Waals surface area contributed by atoms with Gasteiger partial charge in [-0.25, -0.2) is 8.42 Å². The molecule has 0 bridgehead atoms. The number of hydrogen-bond donors (Lipinski definition) is 1. The Morgan fingerprint density at radius 1 is 0.756 bits per heavy atom. The Balaban J connectivity index is 1.08. The molecule has 1 N–H and O–H groups in total. The molecule has 8 heteroatoms. The van der Waals surface area contributed by atoms with E-state index in [0.717, 1.165) is 23.4 Å². The van der Waals surface area contributed by atoms with E-state index in [9.17, 15) is 13.2 Å². The number of anilines is 1. The van der Waals surface area contributed by atoms with Gasteiger partial charge in [0.1, 0.15) is 12.4 Å². The van der Waals surface area contributed by atoms with Crippen LogP contribution in [-0.2, 0) is 23.1 Å². The molecule has 0 unspecified atom stereocenters. The molecule has 0 aliphatic rings. The molecule has 0 aliphatic carbocycles. The van der Waals surface area contributed by atoms with Crippen molar-refractivity contribution in [3.05, 3.63) is 144 Å².